The van der Waals surface area contributed by atoms with Crippen LogP contribution in [0.2, 0.25) is 0 Å². The average molecular weight is 286 g/mol. The maximum absolute atomic E-state index is 9.28. The van der Waals surface area contributed by atoms with Gasteiger partial charge in [0, 0.05) is 5.92 Å². The second kappa shape index (κ2) is 7.40. The van der Waals surface area contributed by atoms with Gasteiger partial charge < -0.3 is 0 Å². The Morgan fingerprint density at radius 2 is 2.10 bits per heavy atom. The van der Waals surface area contributed by atoms with Gasteiger partial charge in [0.15, 0.2) is 5.69 Å². The molecule has 0 N–H and O–H groups in total. The SMILES string of the molecule is C=C(C)Cn1nnc(C#N)c1C1CCC(CCCC)CC1. The summed E-state index contributed by atoms with van der Waals surface area (Å²) in [5.74, 6) is 1.31. The van der Waals surface area contributed by atoms with E-state index in [0.29, 0.717) is 18.2 Å². The Hall–Kier alpha value is -1.63. The van der Waals surface area contributed by atoms with Crippen molar-refractivity contribution in [1.29, 1.82) is 5.26 Å². The standard InChI is InChI=1S/C17H26N4/c1-4-5-6-14-7-9-15(10-8-14)17-16(11-18)19-20-21(17)12-13(2)3/h14-15H,2,4-10,12H2,1,3H3. The molecule has 0 unspecified atom stereocenters. The van der Waals surface area contributed by atoms with Crippen LogP contribution in [0.25, 0.3) is 0 Å². The third-order valence-corrected chi connectivity index (χ3v) is 4.50. The van der Waals surface area contributed by atoms with Gasteiger partial charge in [-0.1, -0.05) is 43.6 Å². The van der Waals surface area contributed by atoms with Gasteiger partial charge in [-0.25, -0.2) is 4.68 Å². The molecule has 1 saturated carbocycles. The van der Waals surface area contributed by atoms with E-state index in [1.165, 1.54) is 32.1 Å². The van der Waals surface area contributed by atoms with Crippen LogP contribution in [0.1, 0.15) is 76.1 Å². The van der Waals surface area contributed by atoms with Crippen molar-refractivity contribution in [2.24, 2.45) is 5.92 Å². The predicted molar refractivity (Wildman–Crippen MR) is 83.8 cm³/mol. The van der Waals surface area contributed by atoms with Crippen LogP contribution < -0.4 is 0 Å². The highest BCUT2D eigenvalue weighted by Crippen LogP contribution is 2.38. The van der Waals surface area contributed by atoms with E-state index in [2.05, 4.69) is 29.9 Å². The number of nitriles is 1. The van der Waals surface area contributed by atoms with Crippen molar-refractivity contribution in [2.45, 2.75) is 71.3 Å². The van der Waals surface area contributed by atoms with Crippen LogP contribution in [-0.4, -0.2) is 15.0 Å². The van der Waals surface area contributed by atoms with Gasteiger partial charge in [0.25, 0.3) is 0 Å². The van der Waals surface area contributed by atoms with Crippen molar-refractivity contribution in [3.8, 4) is 6.07 Å². The highest BCUT2D eigenvalue weighted by Gasteiger charge is 2.27. The molecule has 1 aromatic rings. The Kier molecular flexibility index (Phi) is 5.55. The summed E-state index contributed by atoms with van der Waals surface area (Å²) in [5, 5.41) is 17.5. The van der Waals surface area contributed by atoms with E-state index < -0.39 is 0 Å². The van der Waals surface area contributed by atoms with Crippen molar-refractivity contribution in [3.63, 3.8) is 0 Å². The summed E-state index contributed by atoms with van der Waals surface area (Å²) in [5.41, 5.74) is 2.59. The average Bonchev–Trinajstić information content (AvgIpc) is 2.87. The lowest BCUT2D eigenvalue weighted by molar-refractivity contribution is 0.296. The number of hydrogen-bond donors (Lipinski definition) is 0. The molecule has 4 heteroatoms. The second-order valence-electron chi connectivity index (χ2n) is 6.41. The van der Waals surface area contributed by atoms with Gasteiger partial charge in [-0.05, 0) is 38.5 Å². The van der Waals surface area contributed by atoms with Gasteiger partial charge in [-0.3, -0.25) is 0 Å². The predicted octanol–water partition coefficient (Wildman–Crippen LogP) is 4.19. The molecule has 21 heavy (non-hydrogen) atoms. The van der Waals surface area contributed by atoms with Gasteiger partial charge in [-0.2, -0.15) is 5.26 Å². The maximum Gasteiger partial charge on any atom is 0.186 e. The van der Waals surface area contributed by atoms with Gasteiger partial charge >= 0.3 is 0 Å². The molecule has 0 aliphatic heterocycles. The molecule has 0 bridgehead atoms. The molecule has 4 nitrogen and oxygen atoms in total. The lowest BCUT2D eigenvalue weighted by Gasteiger charge is -2.28. The lowest BCUT2D eigenvalue weighted by Crippen LogP contribution is -2.18. The molecule has 0 radical (unpaired) electrons. The van der Waals surface area contributed by atoms with Gasteiger partial charge in [0.05, 0.1) is 12.2 Å². The first-order chi connectivity index (χ1) is 10.2. The fourth-order valence-corrected chi connectivity index (χ4v) is 3.39. The maximum atomic E-state index is 9.28. The molecule has 0 atom stereocenters. The number of hydrogen-bond acceptors (Lipinski definition) is 3. The summed E-state index contributed by atoms with van der Waals surface area (Å²) in [4.78, 5) is 0. The van der Waals surface area contributed by atoms with Crippen molar-refractivity contribution in [3.05, 3.63) is 23.5 Å². The minimum absolute atomic E-state index is 0.437. The molecule has 1 heterocycles. The van der Waals surface area contributed by atoms with Crippen LogP contribution in [0, 0.1) is 17.2 Å². The molecule has 2 rings (SSSR count). The molecule has 1 aromatic heterocycles. The Morgan fingerprint density at radius 1 is 1.38 bits per heavy atom. The Balaban J connectivity index is 2.07. The second-order valence-corrected chi connectivity index (χ2v) is 6.41. The zero-order valence-corrected chi connectivity index (χ0v) is 13.3. The third-order valence-electron chi connectivity index (χ3n) is 4.50. The minimum atomic E-state index is 0.437. The smallest absolute Gasteiger partial charge is 0.186 e. The molecule has 1 aliphatic carbocycles. The fourth-order valence-electron chi connectivity index (χ4n) is 3.39. The summed E-state index contributed by atoms with van der Waals surface area (Å²) in [7, 11) is 0. The fraction of sp³-hybridized carbons (Fsp3) is 0.706. The van der Waals surface area contributed by atoms with E-state index in [1.807, 2.05) is 11.6 Å². The van der Waals surface area contributed by atoms with Gasteiger partial charge in [-0.15, -0.1) is 5.10 Å². The van der Waals surface area contributed by atoms with E-state index in [4.69, 9.17) is 0 Å². The van der Waals surface area contributed by atoms with E-state index in [-0.39, 0.29) is 0 Å². The monoisotopic (exact) mass is 286 g/mol. The molecule has 114 valence electrons. The van der Waals surface area contributed by atoms with Crippen LogP contribution in [0.3, 0.4) is 0 Å². The molecular formula is C17H26N4. The van der Waals surface area contributed by atoms with Crippen LogP contribution in [0.5, 0.6) is 0 Å². The van der Waals surface area contributed by atoms with Crippen LogP contribution in [0.4, 0.5) is 0 Å². The van der Waals surface area contributed by atoms with Gasteiger partial charge in [0.1, 0.15) is 6.07 Å². The largest absolute Gasteiger partial charge is 0.244 e. The first-order valence-electron chi connectivity index (χ1n) is 8.13. The molecule has 1 fully saturated rings. The van der Waals surface area contributed by atoms with E-state index in [9.17, 15) is 5.26 Å². The summed E-state index contributed by atoms with van der Waals surface area (Å²) >= 11 is 0. The first kappa shape index (κ1) is 15.8. The van der Waals surface area contributed by atoms with Gasteiger partial charge in [0.2, 0.25) is 0 Å². The number of rotatable bonds is 6. The number of nitrogens with zero attached hydrogens (tertiary/aromatic N) is 4. The topological polar surface area (TPSA) is 54.5 Å². The number of aromatic nitrogens is 3. The Bertz CT molecular complexity index is 515. The van der Waals surface area contributed by atoms with E-state index >= 15 is 0 Å². The molecular weight excluding hydrogens is 260 g/mol. The third kappa shape index (κ3) is 3.93. The van der Waals surface area contributed by atoms with E-state index in [1.54, 1.807) is 0 Å². The first-order valence-corrected chi connectivity index (χ1v) is 8.13. The van der Waals surface area contributed by atoms with Crippen molar-refractivity contribution in [1.82, 2.24) is 15.0 Å². The van der Waals surface area contributed by atoms with Crippen molar-refractivity contribution < 1.29 is 0 Å². The summed E-state index contributed by atoms with van der Waals surface area (Å²) < 4.78 is 1.89. The quantitative estimate of drug-likeness (QED) is 0.737. The molecule has 0 aromatic carbocycles. The molecule has 1 aliphatic rings. The van der Waals surface area contributed by atoms with Crippen LogP contribution in [-0.2, 0) is 6.54 Å². The molecule has 0 spiro atoms. The highest BCUT2D eigenvalue weighted by atomic mass is 15.4. The van der Waals surface area contributed by atoms with E-state index in [0.717, 1.165) is 30.0 Å². The zero-order chi connectivity index (χ0) is 15.2. The zero-order valence-electron chi connectivity index (χ0n) is 13.3. The Labute approximate surface area is 127 Å². The van der Waals surface area contributed by atoms with Crippen molar-refractivity contribution >= 4 is 0 Å². The van der Waals surface area contributed by atoms with Crippen molar-refractivity contribution in [2.75, 3.05) is 0 Å². The number of allylic oxidation sites excluding steroid dienone is 1. The minimum Gasteiger partial charge on any atom is -0.244 e. The lowest BCUT2D eigenvalue weighted by atomic mass is 9.78. The summed E-state index contributed by atoms with van der Waals surface area (Å²) in [6, 6.07) is 2.21. The highest BCUT2D eigenvalue weighted by molar-refractivity contribution is 5.28. The molecule has 0 amide bonds. The number of unbranched alkanes of at least 4 members (excludes halogenated alkanes) is 1. The molecule has 0 saturated heterocycles. The van der Waals surface area contributed by atoms with Crippen LogP contribution in [0.15, 0.2) is 12.2 Å². The normalized spacial score (nSPS) is 22.0. The van der Waals surface area contributed by atoms with Crippen LogP contribution >= 0.6 is 0 Å². The summed E-state index contributed by atoms with van der Waals surface area (Å²) in [6.07, 6.45) is 8.85. The Morgan fingerprint density at radius 3 is 2.67 bits per heavy atom. The summed E-state index contributed by atoms with van der Waals surface area (Å²) in [6.45, 7) is 8.85.